The Labute approximate surface area is 180 Å². The maximum atomic E-state index is 12.7. The van der Waals surface area contributed by atoms with Crippen LogP contribution in [0, 0.1) is 0 Å². The second kappa shape index (κ2) is 9.86. The Hall–Kier alpha value is -2.72. The minimum atomic E-state index is -3.53. The van der Waals surface area contributed by atoms with Crippen molar-refractivity contribution in [1.82, 2.24) is 5.32 Å². The highest BCUT2D eigenvalue weighted by Crippen LogP contribution is 2.30. The molecule has 0 spiro atoms. The van der Waals surface area contributed by atoms with Crippen LogP contribution < -0.4 is 20.7 Å². The molecule has 0 saturated heterocycles. The van der Waals surface area contributed by atoms with Crippen LogP contribution >= 0.6 is 11.8 Å². The molecule has 160 valence electrons. The van der Waals surface area contributed by atoms with Gasteiger partial charge in [0.05, 0.1) is 17.1 Å². The van der Waals surface area contributed by atoms with Gasteiger partial charge < -0.3 is 16.4 Å². The third kappa shape index (κ3) is 5.67. The minimum Gasteiger partial charge on any atom is -0.370 e. The lowest BCUT2D eigenvalue weighted by Crippen LogP contribution is -2.38. The van der Waals surface area contributed by atoms with Gasteiger partial charge in [0.1, 0.15) is 0 Å². The molecule has 4 N–H and O–H groups in total. The second-order valence-corrected chi connectivity index (χ2v) is 9.86. The number of para-hydroxylation sites is 2. The Morgan fingerprint density at radius 3 is 2.63 bits per heavy atom. The highest BCUT2D eigenvalue weighted by atomic mass is 32.2. The average molecular weight is 449 g/mol. The number of urea groups is 1. The Morgan fingerprint density at radius 2 is 1.83 bits per heavy atom. The van der Waals surface area contributed by atoms with Crippen molar-refractivity contribution in [1.29, 1.82) is 0 Å². The van der Waals surface area contributed by atoms with E-state index in [1.54, 1.807) is 18.2 Å². The Balaban J connectivity index is 1.51. The first kappa shape index (κ1) is 22.0. The number of carbonyl (C=O) groups excluding carboxylic acids is 2. The number of nitrogens with one attached hydrogen (secondary N) is 2. The zero-order valence-electron chi connectivity index (χ0n) is 16.3. The van der Waals surface area contributed by atoms with Crippen LogP contribution in [-0.2, 0) is 21.2 Å². The van der Waals surface area contributed by atoms with E-state index in [1.165, 1.54) is 16.1 Å². The molecular weight excluding hydrogens is 424 g/mol. The summed E-state index contributed by atoms with van der Waals surface area (Å²) in [6, 6.07) is 14.1. The van der Waals surface area contributed by atoms with Crippen LogP contribution in [-0.4, -0.2) is 45.0 Å². The van der Waals surface area contributed by atoms with Gasteiger partial charge in [0.2, 0.25) is 15.9 Å². The topological polar surface area (TPSA) is 122 Å². The molecule has 30 heavy (non-hydrogen) atoms. The summed E-state index contributed by atoms with van der Waals surface area (Å²) in [5.41, 5.74) is 7.46. The number of nitrogens with zero attached hydrogens (tertiary/aromatic N) is 1. The van der Waals surface area contributed by atoms with Crippen molar-refractivity contribution in [3.63, 3.8) is 0 Å². The Bertz CT molecular complexity index is 1030. The van der Waals surface area contributed by atoms with Crippen LogP contribution in [0.2, 0.25) is 0 Å². The van der Waals surface area contributed by atoms with Gasteiger partial charge in [-0.3, -0.25) is 9.10 Å². The highest BCUT2D eigenvalue weighted by molar-refractivity contribution is 7.99. The van der Waals surface area contributed by atoms with Crippen molar-refractivity contribution in [3.8, 4) is 0 Å². The number of hydrogen-bond donors (Lipinski definition) is 3. The fourth-order valence-electron chi connectivity index (χ4n) is 3.12. The number of carbonyl (C=O) groups is 2. The highest BCUT2D eigenvalue weighted by Gasteiger charge is 2.28. The molecule has 0 unspecified atom stereocenters. The molecule has 1 aliphatic heterocycles. The number of amides is 3. The normalized spacial score (nSPS) is 13.0. The molecule has 0 bridgehead atoms. The molecule has 1 heterocycles. The molecule has 0 fully saturated rings. The number of sulfonamides is 1. The average Bonchev–Trinajstić information content (AvgIpc) is 3.14. The van der Waals surface area contributed by atoms with Crippen LogP contribution in [0.3, 0.4) is 0 Å². The van der Waals surface area contributed by atoms with E-state index in [0.29, 0.717) is 30.1 Å². The van der Waals surface area contributed by atoms with E-state index >= 15 is 0 Å². The molecule has 0 radical (unpaired) electrons. The summed E-state index contributed by atoms with van der Waals surface area (Å²) in [6.45, 7) is 0.410. The molecule has 10 heteroatoms. The van der Waals surface area contributed by atoms with E-state index in [4.69, 9.17) is 5.73 Å². The maximum Gasteiger partial charge on any atom is 0.319 e. The van der Waals surface area contributed by atoms with Gasteiger partial charge in [-0.05, 0) is 30.2 Å². The SMILES string of the molecule is NC(=O)CCSc1ccccc1NC(=O)NCCS(=O)(=O)N1CCc2ccccc21. The fraction of sp³-hybridized carbons (Fsp3) is 0.300. The van der Waals surface area contributed by atoms with Crippen LogP contribution in [0.25, 0.3) is 0 Å². The predicted octanol–water partition coefficient (Wildman–Crippen LogP) is 2.17. The van der Waals surface area contributed by atoms with Gasteiger partial charge in [0.15, 0.2) is 0 Å². The quantitative estimate of drug-likeness (QED) is 0.508. The lowest BCUT2D eigenvalue weighted by Gasteiger charge is -2.19. The van der Waals surface area contributed by atoms with Gasteiger partial charge in [-0.2, -0.15) is 0 Å². The van der Waals surface area contributed by atoms with Crippen LogP contribution in [0.5, 0.6) is 0 Å². The number of benzene rings is 2. The molecule has 1 aliphatic rings. The summed E-state index contributed by atoms with van der Waals surface area (Å²) in [4.78, 5) is 23.9. The lowest BCUT2D eigenvalue weighted by molar-refractivity contribution is -0.117. The van der Waals surface area contributed by atoms with E-state index < -0.39 is 16.1 Å². The Kier molecular flexibility index (Phi) is 7.22. The van der Waals surface area contributed by atoms with Crippen molar-refractivity contribution in [2.24, 2.45) is 5.73 Å². The van der Waals surface area contributed by atoms with E-state index in [2.05, 4.69) is 10.6 Å². The first-order valence-corrected chi connectivity index (χ1v) is 12.1. The van der Waals surface area contributed by atoms with Gasteiger partial charge in [-0.1, -0.05) is 30.3 Å². The smallest absolute Gasteiger partial charge is 0.319 e. The number of rotatable bonds is 9. The van der Waals surface area contributed by atoms with Crippen LogP contribution in [0.15, 0.2) is 53.4 Å². The van der Waals surface area contributed by atoms with Gasteiger partial charge >= 0.3 is 6.03 Å². The zero-order valence-corrected chi connectivity index (χ0v) is 18.0. The maximum absolute atomic E-state index is 12.7. The summed E-state index contributed by atoms with van der Waals surface area (Å²) in [7, 11) is -3.53. The molecule has 3 amide bonds. The van der Waals surface area contributed by atoms with Crippen molar-refractivity contribution in [2.75, 3.05) is 34.2 Å². The molecule has 0 aromatic heterocycles. The van der Waals surface area contributed by atoms with Crippen molar-refractivity contribution >= 4 is 45.1 Å². The van der Waals surface area contributed by atoms with Gasteiger partial charge in [0.25, 0.3) is 0 Å². The second-order valence-electron chi connectivity index (χ2n) is 6.71. The number of thioether (sulfide) groups is 1. The summed E-state index contributed by atoms with van der Waals surface area (Å²) < 4.78 is 26.8. The molecule has 2 aromatic rings. The Morgan fingerprint density at radius 1 is 1.10 bits per heavy atom. The molecule has 2 aromatic carbocycles. The van der Waals surface area contributed by atoms with Crippen LogP contribution in [0.4, 0.5) is 16.2 Å². The third-order valence-electron chi connectivity index (χ3n) is 4.57. The van der Waals surface area contributed by atoms with Crippen molar-refractivity contribution in [2.45, 2.75) is 17.7 Å². The fourth-order valence-corrected chi connectivity index (χ4v) is 5.52. The summed E-state index contributed by atoms with van der Waals surface area (Å²) in [5.74, 6) is -0.0675. The van der Waals surface area contributed by atoms with Gasteiger partial charge in [0, 0.05) is 30.2 Å². The third-order valence-corrected chi connectivity index (χ3v) is 7.41. The molecule has 8 nitrogen and oxygen atoms in total. The first-order valence-electron chi connectivity index (χ1n) is 9.50. The molecular formula is C20H24N4O4S2. The van der Waals surface area contributed by atoms with Crippen molar-refractivity contribution < 1.29 is 18.0 Å². The summed E-state index contributed by atoms with van der Waals surface area (Å²) in [6.07, 6.45) is 0.927. The molecule has 3 rings (SSSR count). The molecule has 0 atom stereocenters. The van der Waals surface area contributed by atoms with Crippen LogP contribution in [0.1, 0.15) is 12.0 Å². The van der Waals surface area contributed by atoms with E-state index in [0.717, 1.165) is 10.5 Å². The van der Waals surface area contributed by atoms with E-state index in [-0.39, 0.29) is 24.6 Å². The van der Waals surface area contributed by atoms with Gasteiger partial charge in [-0.25, -0.2) is 13.2 Å². The first-order chi connectivity index (χ1) is 14.4. The zero-order chi connectivity index (χ0) is 21.6. The van der Waals surface area contributed by atoms with E-state index in [9.17, 15) is 18.0 Å². The molecule has 0 saturated carbocycles. The largest absolute Gasteiger partial charge is 0.370 e. The lowest BCUT2D eigenvalue weighted by atomic mass is 10.2. The number of anilines is 2. The number of nitrogens with two attached hydrogens (primary N) is 1. The monoisotopic (exact) mass is 448 g/mol. The van der Waals surface area contributed by atoms with E-state index in [1.807, 2.05) is 30.3 Å². The van der Waals surface area contributed by atoms with Crippen molar-refractivity contribution in [3.05, 3.63) is 54.1 Å². The summed E-state index contributed by atoms with van der Waals surface area (Å²) >= 11 is 1.41. The summed E-state index contributed by atoms with van der Waals surface area (Å²) in [5, 5.41) is 5.32. The number of fused-ring (bicyclic) bond motifs is 1. The predicted molar refractivity (Wildman–Crippen MR) is 119 cm³/mol. The number of primary amides is 1. The van der Waals surface area contributed by atoms with Gasteiger partial charge in [-0.15, -0.1) is 11.8 Å². The minimum absolute atomic E-state index is 0.0101. The number of hydrogen-bond acceptors (Lipinski definition) is 5. The molecule has 0 aliphatic carbocycles. The standard InChI is InChI=1S/C20H24N4O4S2/c21-19(25)10-13-29-18-8-4-2-6-16(18)23-20(26)22-11-14-30(27,28)24-12-9-15-5-1-3-7-17(15)24/h1-8H,9-14H2,(H2,21,25)(H2,22,23,26).